The molecule has 3 fully saturated rings. The fraction of sp³-hybridized carbons (Fsp3) is 0.606. The van der Waals surface area contributed by atoms with Gasteiger partial charge in [0.25, 0.3) is 5.91 Å². The Balaban J connectivity index is 1.76. The Hall–Kier alpha value is -2.58. The van der Waals surface area contributed by atoms with Gasteiger partial charge in [0.05, 0.1) is 35.8 Å². The maximum Gasteiger partial charge on any atom is 0.310 e. The molecule has 0 radical (unpaired) electrons. The lowest BCUT2D eigenvalue weighted by Gasteiger charge is -2.41. The number of esters is 1. The largest absolute Gasteiger partial charge is 0.465 e. The molecule has 0 aliphatic carbocycles. The van der Waals surface area contributed by atoms with E-state index in [0.29, 0.717) is 19.6 Å². The highest BCUT2D eigenvalue weighted by molar-refractivity contribution is 8.02. The molecule has 224 valence electrons. The van der Waals surface area contributed by atoms with Crippen LogP contribution in [0.3, 0.4) is 0 Å². The summed E-state index contributed by atoms with van der Waals surface area (Å²) in [7, 11) is 0. The number of unbranched alkanes of at least 4 members (excludes halogenated alkanes) is 2. The Kier molecular flexibility index (Phi) is 10.1. The highest BCUT2D eigenvalue weighted by atomic mass is 32.2. The van der Waals surface area contributed by atoms with Gasteiger partial charge in [-0.15, -0.1) is 24.9 Å². The van der Waals surface area contributed by atoms with Gasteiger partial charge in [-0.05, 0) is 69.1 Å². The number of allylic oxidation sites excluding steroid dienone is 1. The van der Waals surface area contributed by atoms with Gasteiger partial charge in [0.2, 0.25) is 5.91 Å². The number of hydrogen-bond acceptors (Lipinski definition) is 6. The first kappa shape index (κ1) is 31.4. The SMILES string of the molecule is C=CCCCCOC(=O)[C@@H]1[C@@H]2CCC3(S2)C(C(=O)N(CC=C)c2cc(C)ccc2C)N([C@@H](CO)[C@@H](C)CC)C(=O)[C@H]13. The molecule has 1 spiro atoms. The Bertz CT molecular complexity index is 1170. The van der Waals surface area contributed by atoms with Gasteiger partial charge in [0.15, 0.2) is 0 Å². The zero-order valence-electron chi connectivity index (χ0n) is 25.0. The molecular formula is C33H46N2O5S. The topological polar surface area (TPSA) is 87.2 Å². The fourth-order valence-electron chi connectivity index (χ4n) is 7.06. The second-order valence-corrected chi connectivity index (χ2v) is 13.5. The molecule has 41 heavy (non-hydrogen) atoms. The van der Waals surface area contributed by atoms with E-state index >= 15 is 0 Å². The average molecular weight is 583 g/mol. The minimum Gasteiger partial charge on any atom is -0.465 e. The molecule has 2 amide bonds. The summed E-state index contributed by atoms with van der Waals surface area (Å²) in [4.78, 5) is 46.2. The van der Waals surface area contributed by atoms with Crippen LogP contribution in [-0.2, 0) is 19.1 Å². The number of benzene rings is 1. The predicted octanol–water partition coefficient (Wildman–Crippen LogP) is 5.22. The van der Waals surface area contributed by atoms with E-state index in [4.69, 9.17) is 4.74 Å². The Morgan fingerprint density at radius 1 is 1.27 bits per heavy atom. The van der Waals surface area contributed by atoms with Gasteiger partial charge >= 0.3 is 5.97 Å². The van der Waals surface area contributed by atoms with Crippen molar-refractivity contribution in [1.82, 2.24) is 4.90 Å². The van der Waals surface area contributed by atoms with E-state index in [-0.39, 0.29) is 35.6 Å². The first-order valence-corrected chi connectivity index (χ1v) is 15.9. The number of thioether (sulfide) groups is 1. The van der Waals surface area contributed by atoms with Gasteiger partial charge in [-0.3, -0.25) is 14.4 Å². The van der Waals surface area contributed by atoms with Gasteiger partial charge in [-0.1, -0.05) is 44.6 Å². The number of carbonyl (C=O) groups excluding carboxylic acids is 3. The highest BCUT2D eigenvalue weighted by Gasteiger charge is 2.75. The van der Waals surface area contributed by atoms with Crippen LogP contribution >= 0.6 is 11.8 Å². The quantitative estimate of drug-likeness (QED) is 0.184. The van der Waals surface area contributed by atoms with Crippen molar-refractivity contribution in [3.63, 3.8) is 0 Å². The highest BCUT2D eigenvalue weighted by Crippen LogP contribution is 2.67. The van der Waals surface area contributed by atoms with Gasteiger partial charge in [-0.2, -0.15) is 0 Å². The number of ether oxygens (including phenoxy) is 1. The smallest absolute Gasteiger partial charge is 0.310 e. The molecule has 4 rings (SSSR count). The summed E-state index contributed by atoms with van der Waals surface area (Å²) < 4.78 is 4.99. The summed E-state index contributed by atoms with van der Waals surface area (Å²) in [6.45, 7) is 16.0. The number of rotatable bonds is 14. The second-order valence-electron chi connectivity index (χ2n) is 11.9. The van der Waals surface area contributed by atoms with Gasteiger partial charge < -0.3 is 19.6 Å². The lowest BCUT2D eigenvalue weighted by Crippen LogP contribution is -2.58. The van der Waals surface area contributed by atoms with Crippen LogP contribution in [0.2, 0.25) is 0 Å². The van der Waals surface area contributed by atoms with Crippen LogP contribution in [0.25, 0.3) is 0 Å². The first-order chi connectivity index (χ1) is 19.7. The molecule has 8 heteroatoms. The zero-order valence-corrected chi connectivity index (χ0v) is 25.8. The lowest BCUT2D eigenvalue weighted by molar-refractivity contribution is -0.155. The van der Waals surface area contributed by atoms with Crippen molar-refractivity contribution in [2.24, 2.45) is 17.8 Å². The Morgan fingerprint density at radius 3 is 2.68 bits per heavy atom. The van der Waals surface area contributed by atoms with E-state index in [1.807, 2.05) is 52.0 Å². The maximum absolute atomic E-state index is 14.8. The number of carbonyl (C=O) groups is 3. The van der Waals surface area contributed by atoms with Crippen molar-refractivity contribution in [2.45, 2.75) is 88.3 Å². The second kappa shape index (κ2) is 13.2. The van der Waals surface area contributed by atoms with Gasteiger partial charge in [0, 0.05) is 17.5 Å². The number of aliphatic hydroxyl groups excluding tert-OH is 1. The van der Waals surface area contributed by atoms with Crippen molar-refractivity contribution < 1.29 is 24.2 Å². The van der Waals surface area contributed by atoms with Crippen LogP contribution in [-0.4, -0.2) is 69.6 Å². The summed E-state index contributed by atoms with van der Waals surface area (Å²) >= 11 is 1.63. The number of anilines is 1. The van der Waals surface area contributed by atoms with Gasteiger partial charge in [-0.25, -0.2) is 0 Å². The Morgan fingerprint density at radius 2 is 2.02 bits per heavy atom. The Labute approximate surface area is 249 Å². The number of fused-ring (bicyclic) bond motifs is 1. The number of nitrogens with zero attached hydrogens (tertiary/aromatic N) is 2. The van der Waals surface area contributed by atoms with E-state index in [1.54, 1.807) is 27.6 Å². The number of aryl methyl sites for hydroxylation is 2. The summed E-state index contributed by atoms with van der Waals surface area (Å²) in [5.41, 5.74) is 2.78. The third-order valence-electron chi connectivity index (χ3n) is 9.37. The third kappa shape index (κ3) is 5.62. The molecule has 2 bridgehead atoms. The van der Waals surface area contributed by atoms with Crippen molar-refractivity contribution in [2.75, 3.05) is 24.7 Å². The minimum absolute atomic E-state index is 0.0273. The van der Waals surface area contributed by atoms with E-state index in [9.17, 15) is 19.5 Å². The van der Waals surface area contributed by atoms with Crippen molar-refractivity contribution in [3.8, 4) is 0 Å². The third-order valence-corrected chi connectivity index (χ3v) is 11.3. The van der Waals surface area contributed by atoms with E-state index in [2.05, 4.69) is 13.2 Å². The van der Waals surface area contributed by atoms with Crippen LogP contribution < -0.4 is 4.90 Å². The molecular weight excluding hydrogens is 536 g/mol. The first-order valence-electron chi connectivity index (χ1n) is 15.0. The predicted molar refractivity (Wildman–Crippen MR) is 165 cm³/mol. The van der Waals surface area contributed by atoms with E-state index in [1.165, 1.54) is 0 Å². The summed E-state index contributed by atoms with van der Waals surface area (Å²) in [6, 6.07) is 4.69. The molecule has 1 N–H and O–H groups in total. The zero-order chi connectivity index (χ0) is 29.9. The minimum atomic E-state index is -0.800. The van der Waals surface area contributed by atoms with Crippen LogP contribution in [0.1, 0.15) is 63.5 Å². The van der Waals surface area contributed by atoms with Gasteiger partial charge in [0.1, 0.15) is 6.04 Å². The molecule has 7 nitrogen and oxygen atoms in total. The number of likely N-dealkylation sites (tertiary alicyclic amines) is 1. The average Bonchev–Trinajstić information content (AvgIpc) is 3.60. The molecule has 2 unspecified atom stereocenters. The number of aliphatic hydroxyl groups is 1. The van der Waals surface area contributed by atoms with E-state index in [0.717, 1.165) is 48.9 Å². The molecule has 3 saturated heterocycles. The summed E-state index contributed by atoms with van der Waals surface area (Å²) in [5, 5.41) is 10.5. The van der Waals surface area contributed by atoms with Crippen LogP contribution in [0.4, 0.5) is 5.69 Å². The van der Waals surface area contributed by atoms with Crippen molar-refractivity contribution in [1.29, 1.82) is 0 Å². The number of amides is 2. The lowest BCUT2D eigenvalue weighted by atomic mass is 9.71. The standard InChI is InChI=1S/C33H46N2O5S/c1-7-10-11-12-18-40-32(39)27-26-15-16-33(41-26)28(27)30(37)35(25(20-36)22(5)9-3)29(33)31(38)34(17-8-2)24-19-21(4)13-14-23(24)6/h7-8,13-14,19,22,25-29,36H,1-2,9-12,15-18,20H2,3-6H3/t22-,25-,26-,27+,28-,29?,33?/m0/s1. The molecule has 3 aliphatic rings. The molecule has 0 saturated carbocycles. The normalized spacial score (nSPS) is 27.8. The monoisotopic (exact) mass is 582 g/mol. The molecule has 3 heterocycles. The van der Waals surface area contributed by atoms with E-state index < -0.39 is 28.7 Å². The molecule has 1 aromatic carbocycles. The van der Waals surface area contributed by atoms with Crippen LogP contribution in [0.5, 0.6) is 0 Å². The summed E-state index contributed by atoms with van der Waals surface area (Å²) in [5.74, 6) is -1.99. The van der Waals surface area contributed by atoms with Crippen molar-refractivity contribution >= 4 is 35.2 Å². The fourth-order valence-corrected chi connectivity index (χ4v) is 9.25. The summed E-state index contributed by atoms with van der Waals surface area (Å²) in [6.07, 6.45) is 8.22. The number of hydrogen-bond donors (Lipinski definition) is 1. The molecule has 1 aromatic rings. The van der Waals surface area contributed by atoms with Crippen LogP contribution in [0.15, 0.2) is 43.5 Å². The molecule has 3 aliphatic heterocycles. The molecule has 7 atom stereocenters. The van der Waals surface area contributed by atoms with Crippen LogP contribution in [0, 0.1) is 31.6 Å². The maximum atomic E-state index is 14.8. The molecule has 0 aromatic heterocycles. The van der Waals surface area contributed by atoms with Crippen molar-refractivity contribution in [3.05, 3.63) is 54.6 Å².